The van der Waals surface area contributed by atoms with Gasteiger partial charge in [-0.15, -0.1) is 0 Å². The number of carbonyl (C=O) groups is 3. The molecule has 5 heteroatoms. The smallest absolute Gasteiger partial charge is 0.209 e. The normalized spacial score (nSPS) is 10.7. The van der Waals surface area contributed by atoms with Crippen LogP contribution in [0.4, 0.5) is 11.6 Å². The van der Waals surface area contributed by atoms with Gasteiger partial charge in [-0.05, 0) is 38.5 Å². The van der Waals surface area contributed by atoms with Crippen molar-refractivity contribution in [3.05, 3.63) is 72.0 Å². The summed E-state index contributed by atoms with van der Waals surface area (Å²) in [5.74, 6) is -1.55. The summed E-state index contributed by atoms with van der Waals surface area (Å²) in [6, 6.07) is 18.4. The van der Waals surface area contributed by atoms with E-state index in [2.05, 4.69) is 5.32 Å². The Kier molecular flexibility index (Phi) is 5.54. The van der Waals surface area contributed by atoms with Gasteiger partial charge in [0.2, 0.25) is 5.88 Å². The zero-order valence-corrected chi connectivity index (χ0v) is 16.0. The van der Waals surface area contributed by atoms with Gasteiger partial charge in [0.1, 0.15) is 23.2 Å². The van der Waals surface area contributed by atoms with Gasteiger partial charge >= 0.3 is 0 Å². The van der Waals surface area contributed by atoms with Gasteiger partial charge in [0.25, 0.3) is 0 Å². The summed E-state index contributed by atoms with van der Waals surface area (Å²) in [5.41, 5.74) is 2.23. The zero-order valence-electron chi connectivity index (χ0n) is 16.0. The molecular formula is C23H21NO4. The van der Waals surface area contributed by atoms with E-state index in [4.69, 9.17) is 4.42 Å². The van der Waals surface area contributed by atoms with Crippen LogP contribution in [0.25, 0.3) is 11.1 Å². The van der Waals surface area contributed by atoms with Crippen molar-refractivity contribution in [3.63, 3.8) is 0 Å². The third-order valence-electron chi connectivity index (χ3n) is 4.46. The average molecular weight is 375 g/mol. The van der Waals surface area contributed by atoms with Crippen LogP contribution in [-0.4, -0.2) is 17.3 Å². The van der Waals surface area contributed by atoms with Crippen LogP contribution in [0.5, 0.6) is 0 Å². The van der Waals surface area contributed by atoms with Gasteiger partial charge in [0.05, 0.1) is 5.56 Å². The van der Waals surface area contributed by atoms with E-state index in [0.717, 1.165) is 5.69 Å². The summed E-state index contributed by atoms with van der Waals surface area (Å²) in [4.78, 5) is 37.0. The van der Waals surface area contributed by atoms with Gasteiger partial charge in [-0.2, -0.15) is 0 Å². The molecule has 3 rings (SSSR count). The number of nitrogens with one attached hydrogen (secondary N) is 1. The molecule has 2 aromatic carbocycles. The van der Waals surface area contributed by atoms with Crippen molar-refractivity contribution in [3.8, 4) is 11.1 Å². The molecule has 1 aromatic heterocycles. The van der Waals surface area contributed by atoms with Crippen LogP contribution >= 0.6 is 0 Å². The minimum atomic E-state index is -1.07. The predicted octanol–water partition coefficient (Wildman–Crippen LogP) is 5.15. The Morgan fingerprint density at radius 3 is 1.86 bits per heavy atom. The van der Waals surface area contributed by atoms with E-state index in [0.29, 0.717) is 16.7 Å². The molecule has 0 spiro atoms. The Bertz CT molecular complexity index is 1010. The first-order chi connectivity index (χ1) is 13.4. The Morgan fingerprint density at radius 1 is 0.821 bits per heavy atom. The molecule has 0 fully saturated rings. The molecule has 0 radical (unpaired) electrons. The standard InChI is InChI=1S/C23H21NO4/c1-14(25)19(15(2)26)22-21(17-10-6-4-7-11-17)20(16(3)27)23(28-22)24-18-12-8-5-9-13-18/h4-13,19,24H,1-3H3. The summed E-state index contributed by atoms with van der Waals surface area (Å²) >= 11 is 0. The molecule has 5 nitrogen and oxygen atoms in total. The van der Waals surface area contributed by atoms with Crippen molar-refractivity contribution < 1.29 is 18.8 Å². The molecule has 0 bridgehead atoms. The highest BCUT2D eigenvalue weighted by atomic mass is 16.4. The fourth-order valence-corrected chi connectivity index (χ4v) is 3.28. The van der Waals surface area contributed by atoms with Crippen molar-refractivity contribution in [1.29, 1.82) is 0 Å². The second kappa shape index (κ2) is 8.05. The lowest BCUT2D eigenvalue weighted by molar-refractivity contribution is -0.127. The molecule has 1 heterocycles. The number of Topliss-reactive ketones (excluding diaryl/α,β-unsaturated/α-hetero) is 3. The number of furan rings is 1. The number of hydrogen-bond donors (Lipinski definition) is 1. The summed E-state index contributed by atoms with van der Waals surface area (Å²) in [5, 5.41) is 3.11. The molecule has 0 aliphatic heterocycles. The Morgan fingerprint density at radius 2 is 1.36 bits per heavy atom. The number of rotatable bonds is 7. The number of hydrogen-bond acceptors (Lipinski definition) is 5. The first-order valence-electron chi connectivity index (χ1n) is 8.96. The average Bonchev–Trinajstić information content (AvgIpc) is 3.01. The quantitative estimate of drug-likeness (QED) is 0.456. The molecular weight excluding hydrogens is 354 g/mol. The molecule has 0 amide bonds. The molecule has 3 aromatic rings. The Balaban J connectivity index is 2.28. The van der Waals surface area contributed by atoms with Crippen molar-refractivity contribution in [2.24, 2.45) is 0 Å². The van der Waals surface area contributed by atoms with Crippen molar-refractivity contribution in [2.75, 3.05) is 5.32 Å². The van der Waals surface area contributed by atoms with Crippen LogP contribution < -0.4 is 5.32 Å². The van der Waals surface area contributed by atoms with E-state index in [9.17, 15) is 14.4 Å². The molecule has 142 valence electrons. The topological polar surface area (TPSA) is 76.4 Å². The van der Waals surface area contributed by atoms with Crippen molar-refractivity contribution >= 4 is 28.9 Å². The SMILES string of the molecule is CC(=O)c1c(Nc2ccccc2)oc(C(C(C)=O)C(C)=O)c1-c1ccccc1. The third kappa shape index (κ3) is 3.78. The van der Waals surface area contributed by atoms with Crippen LogP contribution in [0, 0.1) is 0 Å². The molecule has 1 N–H and O–H groups in total. The van der Waals surface area contributed by atoms with Crippen LogP contribution in [-0.2, 0) is 9.59 Å². The first-order valence-corrected chi connectivity index (χ1v) is 8.96. The zero-order chi connectivity index (χ0) is 20.3. The van der Waals surface area contributed by atoms with Crippen molar-refractivity contribution in [2.45, 2.75) is 26.7 Å². The molecule has 0 aliphatic carbocycles. The lowest BCUT2D eigenvalue weighted by Crippen LogP contribution is -2.17. The largest absolute Gasteiger partial charge is 0.443 e. The second-order valence-electron chi connectivity index (χ2n) is 6.61. The summed E-state index contributed by atoms with van der Waals surface area (Å²) in [6.45, 7) is 4.13. The summed E-state index contributed by atoms with van der Waals surface area (Å²) < 4.78 is 5.98. The number of ketones is 3. The molecule has 28 heavy (non-hydrogen) atoms. The van der Waals surface area contributed by atoms with Crippen LogP contribution in [0.2, 0.25) is 0 Å². The lowest BCUT2D eigenvalue weighted by Gasteiger charge is -2.10. The summed E-state index contributed by atoms with van der Waals surface area (Å²) in [7, 11) is 0. The molecule has 0 saturated heterocycles. The van der Waals surface area contributed by atoms with Crippen molar-refractivity contribution in [1.82, 2.24) is 0 Å². The highest BCUT2D eigenvalue weighted by Gasteiger charge is 2.34. The van der Waals surface area contributed by atoms with E-state index in [1.165, 1.54) is 20.8 Å². The van der Waals surface area contributed by atoms with E-state index >= 15 is 0 Å². The Labute approximate surface area is 163 Å². The maximum absolute atomic E-state index is 12.6. The van der Waals surface area contributed by atoms with Gasteiger partial charge in [-0.25, -0.2) is 0 Å². The number of anilines is 2. The first kappa shape index (κ1) is 19.3. The van der Waals surface area contributed by atoms with Gasteiger partial charge in [0.15, 0.2) is 5.78 Å². The second-order valence-corrected chi connectivity index (χ2v) is 6.61. The van der Waals surface area contributed by atoms with E-state index in [1.807, 2.05) is 60.7 Å². The third-order valence-corrected chi connectivity index (χ3v) is 4.46. The van der Waals surface area contributed by atoms with Crippen LogP contribution in [0.15, 0.2) is 65.1 Å². The number of benzene rings is 2. The van der Waals surface area contributed by atoms with E-state index in [-0.39, 0.29) is 29.0 Å². The maximum Gasteiger partial charge on any atom is 0.209 e. The van der Waals surface area contributed by atoms with Gasteiger partial charge in [-0.1, -0.05) is 48.5 Å². The minimum absolute atomic E-state index is 0.190. The highest BCUT2D eigenvalue weighted by Crippen LogP contribution is 2.41. The lowest BCUT2D eigenvalue weighted by atomic mass is 9.89. The fourth-order valence-electron chi connectivity index (χ4n) is 3.28. The van der Waals surface area contributed by atoms with E-state index < -0.39 is 5.92 Å². The van der Waals surface area contributed by atoms with Crippen LogP contribution in [0.3, 0.4) is 0 Å². The molecule has 0 atom stereocenters. The van der Waals surface area contributed by atoms with Gasteiger partial charge in [0, 0.05) is 11.3 Å². The van der Waals surface area contributed by atoms with Crippen LogP contribution in [0.1, 0.15) is 42.8 Å². The fraction of sp³-hybridized carbons (Fsp3) is 0.174. The van der Waals surface area contributed by atoms with Gasteiger partial charge in [-0.3, -0.25) is 14.4 Å². The number of para-hydroxylation sites is 1. The maximum atomic E-state index is 12.6. The minimum Gasteiger partial charge on any atom is -0.443 e. The predicted molar refractivity (Wildman–Crippen MR) is 108 cm³/mol. The van der Waals surface area contributed by atoms with E-state index in [1.54, 1.807) is 0 Å². The monoisotopic (exact) mass is 375 g/mol. The van der Waals surface area contributed by atoms with Gasteiger partial charge < -0.3 is 9.73 Å². The molecule has 0 aliphatic rings. The summed E-state index contributed by atoms with van der Waals surface area (Å²) in [6.07, 6.45) is 0. The highest BCUT2D eigenvalue weighted by molar-refractivity contribution is 6.11. The Hall–Kier alpha value is -3.47. The molecule has 0 saturated carbocycles. The molecule has 0 unspecified atom stereocenters. The number of carbonyl (C=O) groups excluding carboxylic acids is 3.